The Bertz CT molecular complexity index is 376. The summed E-state index contributed by atoms with van der Waals surface area (Å²) in [5.74, 6) is 0.241. The second-order valence-electron chi connectivity index (χ2n) is 4.38. The summed E-state index contributed by atoms with van der Waals surface area (Å²) in [4.78, 5) is 0. The number of aliphatic hydroxyl groups is 1. The average molecular weight is 206 g/mol. The monoisotopic (exact) mass is 206 g/mol. The van der Waals surface area contributed by atoms with Crippen LogP contribution in [0, 0.1) is 13.8 Å². The van der Waals surface area contributed by atoms with Crippen LogP contribution in [0.15, 0.2) is 12.1 Å². The molecular formula is C12H18N2O. The summed E-state index contributed by atoms with van der Waals surface area (Å²) >= 11 is 0. The van der Waals surface area contributed by atoms with Crippen LogP contribution in [0.25, 0.3) is 0 Å². The van der Waals surface area contributed by atoms with Crippen molar-refractivity contribution in [2.24, 2.45) is 5.73 Å². The smallest absolute Gasteiger partial charge is 0.0589 e. The van der Waals surface area contributed by atoms with E-state index >= 15 is 0 Å². The van der Waals surface area contributed by atoms with Gasteiger partial charge in [-0.05, 0) is 36.6 Å². The molecule has 0 spiro atoms. The van der Waals surface area contributed by atoms with E-state index in [-0.39, 0.29) is 18.6 Å². The van der Waals surface area contributed by atoms with E-state index in [1.165, 1.54) is 22.4 Å². The lowest BCUT2D eigenvalue weighted by Crippen LogP contribution is -2.33. The molecule has 0 fully saturated rings. The van der Waals surface area contributed by atoms with Crippen LogP contribution in [0.3, 0.4) is 0 Å². The molecule has 82 valence electrons. The molecule has 2 unspecified atom stereocenters. The summed E-state index contributed by atoms with van der Waals surface area (Å²) in [6, 6.07) is 4.15. The normalized spacial score (nSPS) is 20.9. The molecule has 1 aliphatic heterocycles. The number of fused-ring (bicyclic) bond motifs is 1. The third kappa shape index (κ3) is 1.73. The highest BCUT2D eigenvalue weighted by Gasteiger charge is 2.28. The number of anilines is 1. The molecule has 2 rings (SSSR count). The molecule has 0 radical (unpaired) electrons. The molecule has 15 heavy (non-hydrogen) atoms. The second-order valence-corrected chi connectivity index (χ2v) is 4.38. The van der Waals surface area contributed by atoms with E-state index in [1.54, 1.807) is 0 Å². The molecule has 3 heteroatoms. The summed E-state index contributed by atoms with van der Waals surface area (Å²) < 4.78 is 0. The van der Waals surface area contributed by atoms with Gasteiger partial charge in [-0.1, -0.05) is 6.07 Å². The van der Waals surface area contributed by atoms with Gasteiger partial charge in [-0.3, -0.25) is 0 Å². The lowest BCUT2D eigenvalue weighted by atomic mass is 9.90. The number of rotatable bonds is 2. The Hall–Kier alpha value is -1.06. The van der Waals surface area contributed by atoms with Gasteiger partial charge in [-0.15, -0.1) is 0 Å². The highest BCUT2D eigenvalue weighted by atomic mass is 16.3. The van der Waals surface area contributed by atoms with E-state index in [1.807, 2.05) is 0 Å². The number of benzene rings is 1. The first-order chi connectivity index (χ1) is 7.13. The van der Waals surface area contributed by atoms with Gasteiger partial charge in [0, 0.05) is 24.2 Å². The molecule has 1 aromatic rings. The lowest BCUT2D eigenvalue weighted by Gasteiger charge is -2.18. The van der Waals surface area contributed by atoms with Crippen molar-refractivity contribution in [2.75, 3.05) is 18.5 Å². The Kier molecular flexibility index (Phi) is 2.67. The zero-order valence-electron chi connectivity index (χ0n) is 9.25. The van der Waals surface area contributed by atoms with Crippen LogP contribution in [0.4, 0.5) is 5.69 Å². The minimum Gasteiger partial charge on any atom is -0.395 e. The van der Waals surface area contributed by atoms with E-state index in [4.69, 9.17) is 10.8 Å². The van der Waals surface area contributed by atoms with Crippen LogP contribution >= 0.6 is 0 Å². The maximum Gasteiger partial charge on any atom is 0.0589 e. The fraction of sp³-hybridized carbons (Fsp3) is 0.500. The largest absolute Gasteiger partial charge is 0.395 e. The van der Waals surface area contributed by atoms with Crippen molar-refractivity contribution < 1.29 is 5.11 Å². The van der Waals surface area contributed by atoms with E-state index < -0.39 is 0 Å². The first kappa shape index (κ1) is 10.5. The van der Waals surface area contributed by atoms with Gasteiger partial charge in [0.05, 0.1) is 6.61 Å². The molecule has 0 saturated heterocycles. The third-order valence-corrected chi connectivity index (χ3v) is 3.14. The van der Waals surface area contributed by atoms with Crippen molar-refractivity contribution in [3.63, 3.8) is 0 Å². The number of aryl methyl sites for hydroxylation is 2. The predicted molar refractivity (Wildman–Crippen MR) is 62.2 cm³/mol. The van der Waals surface area contributed by atoms with Crippen LogP contribution < -0.4 is 11.1 Å². The fourth-order valence-electron chi connectivity index (χ4n) is 2.43. The molecule has 0 amide bonds. The minimum atomic E-state index is -0.167. The molecule has 0 bridgehead atoms. The van der Waals surface area contributed by atoms with E-state index in [0.29, 0.717) is 0 Å². The summed E-state index contributed by atoms with van der Waals surface area (Å²) in [6.07, 6.45) is 0. The highest BCUT2D eigenvalue weighted by Crippen LogP contribution is 2.36. The van der Waals surface area contributed by atoms with Gasteiger partial charge in [0.1, 0.15) is 0 Å². The quantitative estimate of drug-likeness (QED) is 0.680. The maximum absolute atomic E-state index is 9.11. The highest BCUT2D eigenvalue weighted by molar-refractivity contribution is 5.62. The van der Waals surface area contributed by atoms with Crippen LogP contribution in [-0.2, 0) is 0 Å². The zero-order valence-corrected chi connectivity index (χ0v) is 9.25. The Morgan fingerprint density at radius 2 is 2.27 bits per heavy atom. The van der Waals surface area contributed by atoms with Crippen molar-refractivity contribution in [1.29, 1.82) is 0 Å². The number of nitrogens with two attached hydrogens (primary N) is 1. The van der Waals surface area contributed by atoms with Crippen molar-refractivity contribution in [1.82, 2.24) is 0 Å². The molecular weight excluding hydrogens is 188 g/mol. The Morgan fingerprint density at radius 3 is 2.93 bits per heavy atom. The van der Waals surface area contributed by atoms with Crippen LogP contribution in [0.2, 0.25) is 0 Å². The molecule has 1 aliphatic rings. The van der Waals surface area contributed by atoms with Crippen molar-refractivity contribution >= 4 is 5.69 Å². The molecule has 0 saturated carbocycles. The molecule has 3 nitrogen and oxygen atoms in total. The third-order valence-electron chi connectivity index (χ3n) is 3.14. The molecule has 1 aromatic carbocycles. The molecule has 2 atom stereocenters. The lowest BCUT2D eigenvalue weighted by molar-refractivity contribution is 0.252. The van der Waals surface area contributed by atoms with Crippen molar-refractivity contribution in [2.45, 2.75) is 25.8 Å². The van der Waals surface area contributed by atoms with E-state index in [2.05, 4.69) is 31.3 Å². The fourth-order valence-corrected chi connectivity index (χ4v) is 2.43. The van der Waals surface area contributed by atoms with E-state index in [9.17, 15) is 0 Å². The van der Waals surface area contributed by atoms with Gasteiger partial charge in [0.15, 0.2) is 0 Å². The zero-order chi connectivity index (χ0) is 11.0. The maximum atomic E-state index is 9.11. The van der Waals surface area contributed by atoms with Crippen LogP contribution in [-0.4, -0.2) is 24.3 Å². The van der Waals surface area contributed by atoms with Gasteiger partial charge in [0.2, 0.25) is 0 Å². The van der Waals surface area contributed by atoms with Crippen LogP contribution in [0.5, 0.6) is 0 Å². The Labute approximate surface area is 90.3 Å². The van der Waals surface area contributed by atoms with Crippen LogP contribution in [0.1, 0.15) is 22.6 Å². The van der Waals surface area contributed by atoms with Crippen molar-refractivity contribution in [3.8, 4) is 0 Å². The second kappa shape index (κ2) is 3.83. The predicted octanol–water partition coefficient (Wildman–Crippen LogP) is 1.13. The Morgan fingerprint density at radius 1 is 1.53 bits per heavy atom. The van der Waals surface area contributed by atoms with Gasteiger partial charge >= 0.3 is 0 Å². The molecule has 0 aliphatic carbocycles. The molecule has 4 N–H and O–H groups in total. The van der Waals surface area contributed by atoms with Gasteiger partial charge in [0.25, 0.3) is 0 Å². The standard InChI is InChI=1S/C12H18N2O/c1-7-3-8(2)12-9(10(13)6-15)5-14-11(12)4-7/h3-4,9-10,14-15H,5-6,13H2,1-2H3. The number of hydrogen-bond acceptors (Lipinski definition) is 3. The summed E-state index contributed by atoms with van der Waals surface area (Å²) in [6.45, 7) is 5.07. The molecule has 0 aromatic heterocycles. The molecule has 1 heterocycles. The number of hydrogen-bond donors (Lipinski definition) is 3. The summed E-state index contributed by atoms with van der Waals surface area (Å²) in [5, 5.41) is 12.5. The number of aliphatic hydroxyl groups excluding tert-OH is 1. The minimum absolute atomic E-state index is 0.0408. The van der Waals surface area contributed by atoms with Gasteiger partial charge in [-0.2, -0.15) is 0 Å². The first-order valence-electron chi connectivity index (χ1n) is 5.35. The Balaban J connectivity index is 2.42. The van der Waals surface area contributed by atoms with Crippen molar-refractivity contribution in [3.05, 3.63) is 28.8 Å². The topological polar surface area (TPSA) is 58.3 Å². The van der Waals surface area contributed by atoms with E-state index in [0.717, 1.165) is 6.54 Å². The summed E-state index contributed by atoms with van der Waals surface area (Å²) in [5.41, 5.74) is 10.9. The number of nitrogens with one attached hydrogen (secondary N) is 1. The first-order valence-corrected chi connectivity index (χ1v) is 5.35. The summed E-state index contributed by atoms with van der Waals surface area (Å²) in [7, 11) is 0. The van der Waals surface area contributed by atoms with Gasteiger partial charge in [-0.25, -0.2) is 0 Å². The van der Waals surface area contributed by atoms with Gasteiger partial charge < -0.3 is 16.2 Å². The SMILES string of the molecule is Cc1cc(C)c2c(c1)NCC2C(N)CO. The average Bonchev–Trinajstić information content (AvgIpc) is 2.60.